The first kappa shape index (κ1) is 16.6. The van der Waals surface area contributed by atoms with Gasteiger partial charge in [0.05, 0.1) is 17.2 Å². The summed E-state index contributed by atoms with van der Waals surface area (Å²) < 4.78 is 1.12. The van der Waals surface area contributed by atoms with Gasteiger partial charge in [0, 0.05) is 21.9 Å². The molecular formula is C16H22BrN3S. The van der Waals surface area contributed by atoms with Crippen molar-refractivity contribution in [1.82, 2.24) is 9.88 Å². The molecule has 0 saturated heterocycles. The third-order valence-electron chi connectivity index (χ3n) is 3.81. The number of thiazole rings is 1. The van der Waals surface area contributed by atoms with Crippen LogP contribution in [0.3, 0.4) is 0 Å². The maximum atomic E-state index is 6.41. The van der Waals surface area contributed by atoms with Crippen LogP contribution < -0.4 is 5.73 Å². The van der Waals surface area contributed by atoms with Crippen LogP contribution in [-0.2, 0) is 6.54 Å². The predicted octanol–water partition coefficient (Wildman–Crippen LogP) is 4.12. The van der Waals surface area contributed by atoms with Gasteiger partial charge in [-0.05, 0) is 32.0 Å². The molecule has 0 aliphatic rings. The lowest BCUT2D eigenvalue weighted by Crippen LogP contribution is -2.38. The minimum Gasteiger partial charge on any atom is -0.326 e. The third kappa shape index (κ3) is 3.92. The number of nitrogens with zero attached hydrogens (tertiary/aromatic N) is 2. The summed E-state index contributed by atoms with van der Waals surface area (Å²) in [4.78, 5) is 7.97. The number of benzene rings is 1. The van der Waals surface area contributed by atoms with Crippen molar-refractivity contribution in [2.75, 3.05) is 7.05 Å². The second-order valence-electron chi connectivity index (χ2n) is 5.31. The van der Waals surface area contributed by atoms with Gasteiger partial charge in [0.2, 0.25) is 0 Å². The van der Waals surface area contributed by atoms with E-state index in [1.165, 1.54) is 10.4 Å². The van der Waals surface area contributed by atoms with E-state index in [9.17, 15) is 0 Å². The molecule has 2 unspecified atom stereocenters. The number of halogens is 1. The molecule has 2 rings (SSSR count). The zero-order chi connectivity index (χ0) is 15.4. The first-order chi connectivity index (χ1) is 10.0. The fraction of sp³-hybridized carbons (Fsp3) is 0.438. The SMILES string of the molecule is CCC(N)C(c1ccccc1Br)N(C)Cc1scnc1C. The van der Waals surface area contributed by atoms with Gasteiger partial charge in [-0.25, -0.2) is 4.98 Å². The van der Waals surface area contributed by atoms with Crippen molar-refractivity contribution in [3.05, 3.63) is 50.4 Å². The van der Waals surface area contributed by atoms with Gasteiger partial charge in [-0.2, -0.15) is 0 Å². The molecule has 0 aliphatic carbocycles. The monoisotopic (exact) mass is 367 g/mol. The van der Waals surface area contributed by atoms with Crippen molar-refractivity contribution in [1.29, 1.82) is 0 Å². The van der Waals surface area contributed by atoms with E-state index < -0.39 is 0 Å². The maximum Gasteiger partial charge on any atom is 0.0798 e. The average molecular weight is 368 g/mol. The van der Waals surface area contributed by atoms with Crippen LogP contribution in [0.2, 0.25) is 0 Å². The molecule has 0 saturated carbocycles. The fourth-order valence-electron chi connectivity index (χ4n) is 2.54. The summed E-state index contributed by atoms with van der Waals surface area (Å²) in [5.74, 6) is 0. The third-order valence-corrected chi connectivity index (χ3v) is 5.46. The molecule has 0 spiro atoms. The summed E-state index contributed by atoms with van der Waals surface area (Å²) >= 11 is 5.37. The Morgan fingerprint density at radius 2 is 2.10 bits per heavy atom. The van der Waals surface area contributed by atoms with Crippen LogP contribution in [0.5, 0.6) is 0 Å². The molecule has 0 fully saturated rings. The molecule has 0 aliphatic heterocycles. The van der Waals surface area contributed by atoms with Crippen LogP contribution in [-0.4, -0.2) is 23.0 Å². The number of nitrogens with two attached hydrogens (primary N) is 1. The molecule has 0 bridgehead atoms. The molecule has 3 nitrogen and oxygen atoms in total. The predicted molar refractivity (Wildman–Crippen MR) is 93.5 cm³/mol. The number of rotatable bonds is 6. The highest BCUT2D eigenvalue weighted by atomic mass is 79.9. The Balaban J connectivity index is 2.28. The van der Waals surface area contributed by atoms with Crippen molar-refractivity contribution in [2.45, 2.75) is 38.9 Å². The minimum atomic E-state index is 0.0990. The highest BCUT2D eigenvalue weighted by Crippen LogP contribution is 2.31. The second-order valence-corrected chi connectivity index (χ2v) is 7.11. The standard InChI is InChI=1S/C16H22BrN3S/c1-4-14(18)16(12-7-5-6-8-13(12)17)20(3)9-15-11(2)19-10-21-15/h5-8,10,14,16H,4,9,18H2,1-3H3. The summed E-state index contributed by atoms with van der Waals surface area (Å²) in [5, 5.41) is 0. The molecule has 1 aromatic carbocycles. The zero-order valence-corrected chi connectivity index (χ0v) is 15.1. The van der Waals surface area contributed by atoms with E-state index in [2.05, 4.69) is 64.9 Å². The second kappa shape index (κ2) is 7.49. The van der Waals surface area contributed by atoms with Gasteiger partial charge >= 0.3 is 0 Å². The van der Waals surface area contributed by atoms with Crippen LogP contribution in [0, 0.1) is 6.92 Å². The Kier molecular flexibility index (Phi) is 5.93. The molecule has 0 amide bonds. The van der Waals surface area contributed by atoms with E-state index in [0.717, 1.165) is 23.1 Å². The molecule has 114 valence electrons. The first-order valence-electron chi connectivity index (χ1n) is 7.13. The van der Waals surface area contributed by atoms with Crippen molar-refractivity contribution in [2.24, 2.45) is 5.73 Å². The Morgan fingerprint density at radius 1 is 1.38 bits per heavy atom. The van der Waals surface area contributed by atoms with E-state index in [-0.39, 0.29) is 12.1 Å². The van der Waals surface area contributed by atoms with E-state index in [4.69, 9.17) is 5.73 Å². The highest BCUT2D eigenvalue weighted by molar-refractivity contribution is 9.10. The molecule has 5 heteroatoms. The van der Waals surface area contributed by atoms with Crippen LogP contribution >= 0.6 is 27.3 Å². The molecule has 2 aromatic rings. The van der Waals surface area contributed by atoms with Gasteiger partial charge < -0.3 is 5.73 Å². The molecule has 2 atom stereocenters. The Labute approximate surface area is 139 Å². The van der Waals surface area contributed by atoms with Gasteiger partial charge in [0.25, 0.3) is 0 Å². The molecule has 2 N–H and O–H groups in total. The zero-order valence-electron chi connectivity index (χ0n) is 12.7. The largest absolute Gasteiger partial charge is 0.326 e. The van der Waals surface area contributed by atoms with Gasteiger partial charge in [-0.1, -0.05) is 41.1 Å². The smallest absolute Gasteiger partial charge is 0.0798 e. The molecule has 1 aromatic heterocycles. The van der Waals surface area contributed by atoms with Crippen LogP contribution in [0.25, 0.3) is 0 Å². The number of hydrogen-bond acceptors (Lipinski definition) is 4. The molecule has 0 radical (unpaired) electrons. The number of aromatic nitrogens is 1. The van der Waals surface area contributed by atoms with Crippen molar-refractivity contribution in [3.8, 4) is 0 Å². The summed E-state index contributed by atoms with van der Waals surface area (Å²) in [6, 6.07) is 8.63. The lowest BCUT2D eigenvalue weighted by Gasteiger charge is -2.33. The van der Waals surface area contributed by atoms with Crippen molar-refractivity contribution in [3.63, 3.8) is 0 Å². The Hall–Kier alpha value is -0.750. The quantitative estimate of drug-likeness (QED) is 0.834. The van der Waals surface area contributed by atoms with Crippen LogP contribution in [0.15, 0.2) is 34.2 Å². The summed E-state index contributed by atoms with van der Waals surface area (Å²) in [6.45, 7) is 5.07. The minimum absolute atomic E-state index is 0.0990. The van der Waals surface area contributed by atoms with Crippen molar-refractivity contribution >= 4 is 27.3 Å². The van der Waals surface area contributed by atoms with E-state index >= 15 is 0 Å². The lowest BCUT2D eigenvalue weighted by molar-refractivity contribution is 0.202. The van der Waals surface area contributed by atoms with E-state index in [0.29, 0.717) is 0 Å². The number of likely N-dealkylation sites (N-methyl/N-ethyl adjacent to an activating group) is 1. The average Bonchev–Trinajstić information content (AvgIpc) is 2.86. The van der Waals surface area contributed by atoms with E-state index in [1.54, 1.807) is 11.3 Å². The topological polar surface area (TPSA) is 42.1 Å². The number of hydrogen-bond donors (Lipinski definition) is 1. The highest BCUT2D eigenvalue weighted by Gasteiger charge is 2.25. The lowest BCUT2D eigenvalue weighted by atomic mass is 9.96. The Morgan fingerprint density at radius 3 is 2.67 bits per heavy atom. The summed E-state index contributed by atoms with van der Waals surface area (Å²) in [5.41, 5.74) is 10.7. The summed E-state index contributed by atoms with van der Waals surface area (Å²) in [7, 11) is 2.14. The molecular weight excluding hydrogens is 346 g/mol. The summed E-state index contributed by atoms with van der Waals surface area (Å²) in [6.07, 6.45) is 0.942. The van der Waals surface area contributed by atoms with E-state index in [1.807, 2.05) is 11.6 Å². The fourth-order valence-corrected chi connectivity index (χ4v) is 3.89. The van der Waals surface area contributed by atoms with Crippen LogP contribution in [0.4, 0.5) is 0 Å². The molecule has 1 heterocycles. The van der Waals surface area contributed by atoms with Gasteiger partial charge in [0.1, 0.15) is 0 Å². The van der Waals surface area contributed by atoms with Gasteiger partial charge in [-0.3, -0.25) is 4.90 Å². The van der Waals surface area contributed by atoms with Crippen LogP contribution in [0.1, 0.15) is 35.5 Å². The first-order valence-corrected chi connectivity index (χ1v) is 8.81. The van der Waals surface area contributed by atoms with Gasteiger partial charge in [-0.15, -0.1) is 11.3 Å². The normalized spacial score (nSPS) is 14.4. The maximum absolute atomic E-state index is 6.41. The van der Waals surface area contributed by atoms with Gasteiger partial charge in [0.15, 0.2) is 0 Å². The van der Waals surface area contributed by atoms with Crippen molar-refractivity contribution < 1.29 is 0 Å². The molecule has 21 heavy (non-hydrogen) atoms. The Bertz CT molecular complexity index is 584. The number of aryl methyl sites for hydroxylation is 1.